The third-order valence-electron chi connectivity index (χ3n) is 4.02. The molecule has 138 valence electrons. The molecule has 6 heteroatoms. The van der Waals surface area contributed by atoms with Gasteiger partial charge in [-0.2, -0.15) is 0 Å². The van der Waals surface area contributed by atoms with Gasteiger partial charge in [0.1, 0.15) is 0 Å². The van der Waals surface area contributed by atoms with Crippen molar-refractivity contribution in [3.8, 4) is 0 Å². The number of aromatic nitrogens is 2. The third-order valence-corrected chi connectivity index (χ3v) is 5.23. The lowest BCUT2D eigenvalue weighted by Gasteiger charge is -2.10. The molecular formula is C21H20ClN3OS. The zero-order chi connectivity index (χ0) is 19.4. The van der Waals surface area contributed by atoms with E-state index in [4.69, 9.17) is 11.6 Å². The van der Waals surface area contributed by atoms with Crippen molar-refractivity contribution in [1.29, 1.82) is 0 Å². The van der Waals surface area contributed by atoms with Crippen LogP contribution in [0.4, 0.5) is 5.69 Å². The van der Waals surface area contributed by atoms with Crippen molar-refractivity contribution in [3.05, 3.63) is 81.6 Å². The zero-order valence-electron chi connectivity index (χ0n) is 15.4. The SMILES string of the molecule is Cc1cccc(CSc2ncc(Cl)c(C(=O)Nc3ccc(C)cc3C)n2)c1. The molecule has 0 saturated heterocycles. The number of anilines is 1. The minimum absolute atomic E-state index is 0.179. The Morgan fingerprint density at radius 2 is 1.89 bits per heavy atom. The van der Waals surface area contributed by atoms with Crippen molar-refractivity contribution in [1.82, 2.24) is 9.97 Å². The van der Waals surface area contributed by atoms with Crippen molar-refractivity contribution < 1.29 is 4.79 Å². The second-order valence-corrected chi connectivity index (χ2v) is 7.75. The van der Waals surface area contributed by atoms with Gasteiger partial charge in [0.05, 0.1) is 11.2 Å². The van der Waals surface area contributed by atoms with Crippen LogP contribution in [0.15, 0.2) is 53.8 Å². The van der Waals surface area contributed by atoms with Gasteiger partial charge in [0.15, 0.2) is 10.9 Å². The molecule has 0 radical (unpaired) electrons. The number of rotatable bonds is 5. The molecule has 4 nitrogen and oxygen atoms in total. The second-order valence-electron chi connectivity index (χ2n) is 6.40. The van der Waals surface area contributed by atoms with Crippen LogP contribution in [0.1, 0.15) is 32.7 Å². The molecule has 0 aliphatic heterocycles. The summed E-state index contributed by atoms with van der Waals surface area (Å²) in [6, 6.07) is 14.1. The quantitative estimate of drug-likeness (QED) is 0.449. The lowest BCUT2D eigenvalue weighted by atomic mass is 10.1. The van der Waals surface area contributed by atoms with Crippen LogP contribution in [0.3, 0.4) is 0 Å². The molecule has 0 fully saturated rings. The highest BCUT2D eigenvalue weighted by Crippen LogP contribution is 2.24. The van der Waals surface area contributed by atoms with Crippen LogP contribution < -0.4 is 5.32 Å². The summed E-state index contributed by atoms with van der Waals surface area (Å²) in [5.41, 5.74) is 5.44. The van der Waals surface area contributed by atoms with Crippen molar-refractivity contribution >= 4 is 35.0 Å². The predicted molar refractivity (Wildman–Crippen MR) is 112 cm³/mol. The molecular weight excluding hydrogens is 378 g/mol. The summed E-state index contributed by atoms with van der Waals surface area (Å²) in [6.45, 7) is 6.02. The van der Waals surface area contributed by atoms with Gasteiger partial charge >= 0.3 is 0 Å². The largest absolute Gasteiger partial charge is 0.320 e. The average molecular weight is 398 g/mol. The van der Waals surface area contributed by atoms with Crippen LogP contribution in [-0.4, -0.2) is 15.9 Å². The first-order valence-electron chi connectivity index (χ1n) is 8.52. The molecule has 1 aromatic heterocycles. The van der Waals surface area contributed by atoms with Gasteiger partial charge in [-0.25, -0.2) is 9.97 Å². The Kier molecular flexibility index (Phi) is 6.14. The van der Waals surface area contributed by atoms with Crippen molar-refractivity contribution in [2.45, 2.75) is 31.7 Å². The Morgan fingerprint density at radius 3 is 2.63 bits per heavy atom. The predicted octanol–water partition coefficient (Wildman–Crippen LogP) is 5.60. The van der Waals surface area contributed by atoms with E-state index >= 15 is 0 Å². The Hall–Kier alpha value is -2.37. The van der Waals surface area contributed by atoms with Gasteiger partial charge in [0.2, 0.25) is 0 Å². The fraction of sp³-hybridized carbons (Fsp3) is 0.190. The van der Waals surface area contributed by atoms with E-state index in [9.17, 15) is 4.79 Å². The smallest absolute Gasteiger partial charge is 0.275 e. The first-order chi connectivity index (χ1) is 12.9. The molecule has 1 amide bonds. The van der Waals surface area contributed by atoms with Crippen LogP contribution >= 0.6 is 23.4 Å². The van der Waals surface area contributed by atoms with Gasteiger partial charge in [-0.3, -0.25) is 4.79 Å². The standard InChI is InChI=1S/C21H20ClN3OS/c1-13-5-4-6-16(10-13)12-27-21-23-11-17(22)19(25-21)20(26)24-18-8-7-14(2)9-15(18)3/h4-11H,12H2,1-3H3,(H,24,26). The van der Waals surface area contributed by atoms with E-state index in [0.29, 0.717) is 5.16 Å². The van der Waals surface area contributed by atoms with Gasteiger partial charge < -0.3 is 5.32 Å². The lowest BCUT2D eigenvalue weighted by molar-refractivity contribution is 0.102. The number of nitrogens with zero attached hydrogens (tertiary/aromatic N) is 2. The molecule has 1 heterocycles. The number of benzene rings is 2. The minimum Gasteiger partial charge on any atom is -0.320 e. The number of thioether (sulfide) groups is 1. The molecule has 0 saturated carbocycles. The van der Waals surface area contributed by atoms with Crippen LogP contribution in [0.2, 0.25) is 5.02 Å². The first kappa shape index (κ1) is 19.4. The Labute approximate surface area is 168 Å². The average Bonchev–Trinajstić information content (AvgIpc) is 2.63. The van der Waals surface area contributed by atoms with E-state index in [1.165, 1.54) is 29.1 Å². The first-order valence-corrected chi connectivity index (χ1v) is 9.88. The molecule has 0 unspecified atom stereocenters. The van der Waals surface area contributed by atoms with Gasteiger partial charge in [0.25, 0.3) is 5.91 Å². The number of hydrogen-bond donors (Lipinski definition) is 1. The molecule has 1 N–H and O–H groups in total. The van der Waals surface area contributed by atoms with Gasteiger partial charge in [-0.05, 0) is 38.0 Å². The van der Waals surface area contributed by atoms with Gasteiger partial charge in [-0.1, -0.05) is 70.9 Å². The number of aryl methyl sites for hydroxylation is 3. The number of amides is 1. The molecule has 2 aromatic carbocycles. The van der Waals surface area contributed by atoms with Crippen molar-refractivity contribution in [2.24, 2.45) is 0 Å². The van der Waals surface area contributed by atoms with Crippen LogP contribution in [0, 0.1) is 20.8 Å². The molecule has 3 aromatic rings. The molecule has 3 rings (SSSR count). The normalized spacial score (nSPS) is 10.7. The molecule has 0 spiro atoms. The van der Waals surface area contributed by atoms with E-state index in [2.05, 4.69) is 40.4 Å². The summed E-state index contributed by atoms with van der Waals surface area (Å²) < 4.78 is 0. The van der Waals surface area contributed by atoms with Gasteiger partial charge in [-0.15, -0.1) is 0 Å². The van der Waals surface area contributed by atoms with E-state index in [-0.39, 0.29) is 16.6 Å². The number of halogens is 1. The third kappa shape index (κ3) is 5.08. The Bertz CT molecular complexity index is 991. The van der Waals surface area contributed by atoms with Crippen molar-refractivity contribution in [2.75, 3.05) is 5.32 Å². The topological polar surface area (TPSA) is 54.9 Å². The number of hydrogen-bond acceptors (Lipinski definition) is 4. The monoisotopic (exact) mass is 397 g/mol. The molecule has 0 bridgehead atoms. The zero-order valence-corrected chi connectivity index (χ0v) is 17.0. The maximum atomic E-state index is 12.6. The lowest BCUT2D eigenvalue weighted by Crippen LogP contribution is -2.16. The van der Waals surface area contributed by atoms with E-state index in [1.54, 1.807) is 0 Å². The maximum Gasteiger partial charge on any atom is 0.275 e. The van der Waals surface area contributed by atoms with E-state index in [1.807, 2.05) is 38.1 Å². The fourth-order valence-electron chi connectivity index (χ4n) is 2.66. The van der Waals surface area contributed by atoms with E-state index in [0.717, 1.165) is 22.6 Å². The second kappa shape index (κ2) is 8.55. The van der Waals surface area contributed by atoms with Gasteiger partial charge in [0, 0.05) is 11.4 Å². The molecule has 0 aliphatic carbocycles. The summed E-state index contributed by atoms with van der Waals surface area (Å²) in [5, 5.41) is 3.63. The van der Waals surface area contributed by atoms with Crippen LogP contribution in [0.5, 0.6) is 0 Å². The van der Waals surface area contributed by atoms with Crippen molar-refractivity contribution in [3.63, 3.8) is 0 Å². The van der Waals surface area contributed by atoms with Crippen LogP contribution in [0.25, 0.3) is 0 Å². The number of nitrogens with one attached hydrogen (secondary N) is 1. The molecule has 0 aliphatic rings. The van der Waals surface area contributed by atoms with Crippen LogP contribution in [-0.2, 0) is 5.75 Å². The summed E-state index contributed by atoms with van der Waals surface area (Å²) in [7, 11) is 0. The Morgan fingerprint density at radius 1 is 1.11 bits per heavy atom. The highest BCUT2D eigenvalue weighted by molar-refractivity contribution is 7.98. The fourth-order valence-corrected chi connectivity index (χ4v) is 3.60. The number of carbonyl (C=O) groups is 1. The Balaban J connectivity index is 1.75. The molecule has 0 atom stereocenters. The summed E-state index contributed by atoms with van der Waals surface area (Å²) in [6.07, 6.45) is 1.48. The summed E-state index contributed by atoms with van der Waals surface area (Å²) >= 11 is 7.64. The van der Waals surface area contributed by atoms with E-state index < -0.39 is 0 Å². The highest BCUT2D eigenvalue weighted by Gasteiger charge is 2.15. The number of carbonyl (C=O) groups excluding carboxylic acids is 1. The minimum atomic E-state index is -0.341. The molecule has 27 heavy (non-hydrogen) atoms. The highest BCUT2D eigenvalue weighted by atomic mass is 35.5. The maximum absolute atomic E-state index is 12.6. The summed E-state index contributed by atoms with van der Waals surface area (Å²) in [4.78, 5) is 21.2. The summed E-state index contributed by atoms with van der Waals surface area (Å²) in [5.74, 6) is 0.383.